The van der Waals surface area contributed by atoms with E-state index in [4.69, 9.17) is 26.6 Å². The van der Waals surface area contributed by atoms with Crippen LogP contribution < -0.4 is 16.0 Å². The van der Waals surface area contributed by atoms with Gasteiger partial charge in [0.2, 0.25) is 0 Å². The van der Waals surface area contributed by atoms with E-state index >= 15 is 0 Å². The minimum atomic E-state index is -0.492. The standard InChI is InChI=1S/C13H12BrClN2O3/c1-7-4-8(14)5-10(15)12(7)19-6-9-2-3-11(20-9)13(18)17-16/h2-5H,6,16H2,1H3,(H,17,18). The minimum Gasteiger partial charge on any atom is -0.484 e. The Morgan fingerprint density at radius 3 is 2.90 bits per heavy atom. The van der Waals surface area contributed by atoms with E-state index in [9.17, 15) is 4.79 Å². The van der Waals surface area contributed by atoms with E-state index < -0.39 is 5.91 Å². The fourth-order valence-corrected chi connectivity index (χ4v) is 2.69. The number of hydrogen-bond acceptors (Lipinski definition) is 4. The van der Waals surface area contributed by atoms with Gasteiger partial charge in [0.05, 0.1) is 5.02 Å². The summed E-state index contributed by atoms with van der Waals surface area (Å²) in [7, 11) is 0. The van der Waals surface area contributed by atoms with E-state index in [1.54, 1.807) is 12.1 Å². The van der Waals surface area contributed by atoms with Gasteiger partial charge in [-0.05, 0) is 36.8 Å². The van der Waals surface area contributed by atoms with Crippen LogP contribution in [0, 0.1) is 6.92 Å². The zero-order valence-corrected chi connectivity index (χ0v) is 12.9. The molecule has 1 amide bonds. The first-order valence-corrected chi connectivity index (χ1v) is 6.86. The normalized spacial score (nSPS) is 10.4. The lowest BCUT2D eigenvalue weighted by Gasteiger charge is -2.10. The Morgan fingerprint density at radius 2 is 2.25 bits per heavy atom. The average molecular weight is 360 g/mol. The van der Waals surface area contributed by atoms with Crippen molar-refractivity contribution in [2.75, 3.05) is 0 Å². The van der Waals surface area contributed by atoms with Gasteiger partial charge in [0.25, 0.3) is 0 Å². The van der Waals surface area contributed by atoms with E-state index in [-0.39, 0.29) is 12.4 Å². The molecule has 2 rings (SSSR count). The average Bonchev–Trinajstić information content (AvgIpc) is 2.85. The fraction of sp³-hybridized carbons (Fsp3) is 0.154. The molecule has 0 saturated carbocycles. The lowest BCUT2D eigenvalue weighted by atomic mass is 10.2. The number of furan rings is 1. The van der Waals surface area contributed by atoms with Crippen LogP contribution in [0.3, 0.4) is 0 Å². The molecule has 1 aromatic heterocycles. The smallest absolute Gasteiger partial charge is 0.300 e. The Balaban J connectivity index is 2.09. The number of hydrazine groups is 1. The highest BCUT2D eigenvalue weighted by Crippen LogP contribution is 2.32. The van der Waals surface area contributed by atoms with Crippen LogP contribution in [-0.4, -0.2) is 5.91 Å². The van der Waals surface area contributed by atoms with E-state index in [1.807, 2.05) is 18.4 Å². The summed E-state index contributed by atoms with van der Waals surface area (Å²) < 4.78 is 11.8. The lowest BCUT2D eigenvalue weighted by molar-refractivity contribution is 0.0922. The Kier molecular flexibility index (Phi) is 4.69. The number of carbonyl (C=O) groups is 1. The van der Waals surface area contributed by atoms with Crippen molar-refractivity contribution in [1.29, 1.82) is 0 Å². The van der Waals surface area contributed by atoms with Gasteiger partial charge in [-0.1, -0.05) is 27.5 Å². The molecular formula is C13H12BrClN2O3. The number of halogens is 2. The molecule has 0 atom stereocenters. The molecule has 7 heteroatoms. The van der Waals surface area contributed by atoms with E-state index in [1.165, 1.54) is 6.07 Å². The minimum absolute atomic E-state index is 0.129. The third kappa shape index (κ3) is 3.33. The van der Waals surface area contributed by atoms with Gasteiger partial charge < -0.3 is 9.15 Å². The highest BCUT2D eigenvalue weighted by molar-refractivity contribution is 9.10. The molecule has 3 N–H and O–H groups in total. The monoisotopic (exact) mass is 358 g/mol. The van der Waals surface area contributed by atoms with Gasteiger partial charge in [0, 0.05) is 4.47 Å². The summed E-state index contributed by atoms with van der Waals surface area (Å²) in [6.45, 7) is 2.06. The van der Waals surface area contributed by atoms with E-state index in [2.05, 4.69) is 15.9 Å². The van der Waals surface area contributed by atoms with Crippen molar-refractivity contribution in [3.63, 3.8) is 0 Å². The SMILES string of the molecule is Cc1cc(Br)cc(Cl)c1OCc1ccc(C(=O)NN)o1. The Labute approximate surface area is 129 Å². The van der Waals surface area contributed by atoms with Crippen LogP contribution in [0.2, 0.25) is 5.02 Å². The number of hydrogen-bond donors (Lipinski definition) is 2. The van der Waals surface area contributed by atoms with Crippen LogP contribution >= 0.6 is 27.5 Å². The molecule has 1 heterocycles. The maximum Gasteiger partial charge on any atom is 0.300 e. The van der Waals surface area contributed by atoms with E-state index in [0.717, 1.165) is 10.0 Å². The van der Waals surface area contributed by atoms with Crippen LogP contribution in [-0.2, 0) is 6.61 Å². The largest absolute Gasteiger partial charge is 0.484 e. The first kappa shape index (κ1) is 14.9. The van der Waals surface area contributed by atoms with Crippen molar-refractivity contribution in [2.24, 2.45) is 5.84 Å². The number of carbonyl (C=O) groups excluding carboxylic acids is 1. The zero-order valence-electron chi connectivity index (χ0n) is 10.6. The van der Waals surface area contributed by atoms with Crippen LogP contribution in [0.15, 0.2) is 33.2 Å². The number of rotatable bonds is 4. The molecule has 1 aromatic carbocycles. The molecule has 0 aliphatic rings. The maximum absolute atomic E-state index is 11.2. The molecule has 0 fully saturated rings. The molecule has 20 heavy (non-hydrogen) atoms. The van der Waals surface area contributed by atoms with Crippen molar-refractivity contribution in [1.82, 2.24) is 5.43 Å². The van der Waals surface area contributed by atoms with Crippen molar-refractivity contribution < 1.29 is 13.9 Å². The van der Waals surface area contributed by atoms with Crippen LogP contribution in [0.25, 0.3) is 0 Å². The van der Waals surface area contributed by atoms with Crippen LogP contribution in [0.1, 0.15) is 21.9 Å². The van der Waals surface area contributed by atoms with Crippen LogP contribution in [0.4, 0.5) is 0 Å². The van der Waals surface area contributed by atoms with Crippen LogP contribution in [0.5, 0.6) is 5.75 Å². The molecule has 0 bridgehead atoms. The molecule has 0 radical (unpaired) electrons. The summed E-state index contributed by atoms with van der Waals surface area (Å²) in [5.74, 6) is 5.74. The summed E-state index contributed by atoms with van der Waals surface area (Å²) in [4.78, 5) is 11.2. The predicted molar refractivity (Wildman–Crippen MR) is 78.6 cm³/mol. The topological polar surface area (TPSA) is 77.5 Å². The molecule has 2 aromatic rings. The van der Waals surface area contributed by atoms with Crippen molar-refractivity contribution >= 4 is 33.4 Å². The van der Waals surface area contributed by atoms with Gasteiger partial charge in [0.15, 0.2) is 5.76 Å². The number of nitrogen functional groups attached to an aromatic ring is 1. The number of benzene rings is 1. The molecule has 0 aliphatic heterocycles. The molecule has 5 nitrogen and oxygen atoms in total. The second-order valence-electron chi connectivity index (χ2n) is 4.06. The maximum atomic E-state index is 11.2. The molecule has 106 valence electrons. The summed E-state index contributed by atoms with van der Waals surface area (Å²) in [6.07, 6.45) is 0. The Bertz CT molecular complexity index is 619. The zero-order chi connectivity index (χ0) is 14.7. The number of nitrogens with one attached hydrogen (secondary N) is 1. The fourth-order valence-electron chi connectivity index (χ4n) is 1.66. The number of ether oxygens (including phenoxy) is 1. The second kappa shape index (κ2) is 6.30. The predicted octanol–water partition coefficient (Wildman–Crippen LogP) is 3.19. The van der Waals surface area contributed by atoms with Gasteiger partial charge in [-0.3, -0.25) is 10.2 Å². The summed E-state index contributed by atoms with van der Waals surface area (Å²) >= 11 is 9.47. The molecular weight excluding hydrogens is 348 g/mol. The summed E-state index contributed by atoms with van der Waals surface area (Å²) in [5.41, 5.74) is 2.89. The first-order valence-electron chi connectivity index (χ1n) is 5.69. The third-order valence-electron chi connectivity index (χ3n) is 2.57. The van der Waals surface area contributed by atoms with Gasteiger partial charge in [0.1, 0.15) is 18.1 Å². The van der Waals surface area contributed by atoms with Gasteiger partial charge >= 0.3 is 5.91 Å². The Morgan fingerprint density at radius 1 is 1.50 bits per heavy atom. The molecule has 0 aliphatic carbocycles. The number of aryl methyl sites for hydroxylation is 1. The highest BCUT2D eigenvalue weighted by atomic mass is 79.9. The van der Waals surface area contributed by atoms with Gasteiger partial charge in [-0.15, -0.1) is 0 Å². The van der Waals surface area contributed by atoms with Gasteiger partial charge in [-0.25, -0.2) is 5.84 Å². The summed E-state index contributed by atoms with van der Waals surface area (Å²) in [5, 5.41) is 0.503. The molecule has 0 saturated heterocycles. The lowest BCUT2D eigenvalue weighted by Crippen LogP contribution is -2.29. The highest BCUT2D eigenvalue weighted by Gasteiger charge is 2.12. The molecule has 0 unspecified atom stereocenters. The number of nitrogens with two attached hydrogens (primary N) is 1. The van der Waals surface area contributed by atoms with Crippen molar-refractivity contribution in [3.05, 3.63) is 50.8 Å². The third-order valence-corrected chi connectivity index (χ3v) is 3.31. The Hall–Kier alpha value is -1.50. The van der Waals surface area contributed by atoms with E-state index in [0.29, 0.717) is 16.5 Å². The molecule has 0 spiro atoms. The summed E-state index contributed by atoms with van der Waals surface area (Å²) in [6, 6.07) is 6.82. The number of amides is 1. The quantitative estimate of drug-likeness (QED) is 0.499. The first-order chi connectivity index (χ1) is 9.51. The van der Waals surface area contributed by atoms with Gasteiger partial charge in [-0.2, -0.15) is 0 Å². The van der Waals surface area contributed by atoms with Crippen molar-refractivity contribution in [3.8, 4) is 5.75 Å². The second-order valence-corrected chi connectivity index (χ2v) is 5.38. The van der Waals surface area contributed by atoms with Crippen molar-refractivity contribution in [2.45, 2.75) is 13.5 Å².